The smallest absolute Gasteiger partial charge is 0.145 e. The second-order valence-electron chi connectivity index (χ2n) is 3.61. The molecule has 0 spiro atoms. The second-order valence-corrected chi connectivity index (χ2v) is 4.02. The Morgan fingerprint density at radius 1 is 1.43 bits per heavy atom. The third-order valence-electron chi connectivity index (χ3n) is 2.14. The molecule has 0 aliphatic heterocycles. The Morgan fingerprint density at radius 3 is 2.57 bits per heavy atom. The molecule has 0 bridgehead atoms. The molecule has 1 N–H and O–H groups in total. The van der Waals surface area contributed by atoms with Crippen LogP contribution in [0.15, 0.2) is 12.1 Å². The molecule has 0 atom stereocenters. The summed E-state index contributed by atoms with van der Waals surface area (Å²) >= 11 is 5.74. The fourth-order valence-electron chi connectivity index (χ4n) is 1.36. The van der Waals surface area contributed by atoms with Gasteiger partial charge in [0.05, 0.1) is 5.02 Å². The van der Waals surface area contributed by atoms with Crippen LogP contribution in [0.25, 0.3) is 0 Å². The number of halogens is 2. The van der Waals surface area contributed by atoms with Crippen molar-refractivity contribution in [2.75, 3.05) is 6.61 Å². The number of benzene rings is 1. The van der Waals surface area contributed by atoms with Crippen molar-refractivity contribution in [3.63, 3.8) is 0 Å². The number of rotatable bonds is 3. The van der Waals surface area contributed by atoms with Gasteiger partial charge in [0.15, 0.2) is 0 Å². The Labute approximate surface area is 88.5 Å². The van der Waals surface area contributed by atoms with Crippen molar-refractivity contribution in [1.29, 1.82) is 0 Å². The SMILES string of the molecule is CC(C)c1cc(CCO)cc(Cl)c1F. The molecule has 0 heterocycles. The zero-order valence-corrected chi connectivity index (χ0v) is 9.11. The molecule has 0 amide bonds. The predicted octanol–water partition coefficient (Wildman–Crippen LogP) is 3.14. The van der Waals surface area contributed by atoms with E-state index < -0.39 is 0 Å². The first-order valence-corrected chi connectivity index (χ1v) is 5.02. The molecule has 1 rings (SSSR count). The molecular formula is C11H14ClFO. The van der Waals surface area contributed by atoms with Crippen molar-refractivity contribution < 1.29 is 9.50 Å². The van der Waals surface area contributed by atoms with Crippen molar-refractivity contribution in [2.24, 2.45) is 0 Å². The fraction of sp³-hybridized carbons (Fsp3) is 0.455. The monoisotopic (exact) mass is 216 g/mol. The standard InChI is InChI=1S/C11H14ClFO/c1-7(2)9-5-8(3-4-14)6-10(12)11(9)13/h5-7,14H,3-4H2,1-2H3. The highest BCUT2D eigenvalue weighted by Crippen LogP contribution is 2.26. The summed E-state index contributed by atoms with van der Waals surface area (Å²) in [6, 6.07) is 3.33. The first-order chi connectivity index (χ1) is 6.56. The van der Waals surface area contributed by atoms with Gasteiger partial charge >= 0.3 is 0 Å². The summed E-state index contributed by atoms with van der Waals surface area (Å²) in [5.74, 6) is -0.241. The van der Waals surface area contributed by atoms with Crippen molar-refractivity contribution >= 4 is 11.6 Å². The Kier molecular flexibility index (Phi) is 3.90. The average molecular weight is 217 g/mol. The lowest BCUT2D eigenvalue weighted by atomic mass is 9.99. The summed E-state index contributed by atoms with van der Waals surface area (Å²) < 4.78 is 13.5. The van der Waals surface area contributed by atoms with Gasteiger partial charge in [0, 0.05) is 6.61 Å². The summed E-state index contributed by atoms with van der Waals surface area (Å²) in [7, 11) is 0. The lowest BCUT2D eigenvalue weighted by molar-refractivity contribution is 0.299. The van der Waals surface area contributed by atoms with Gasteiger partial charge in [-0.05, 0) is 29.5 Å². The summed E-state index contributed by atoms with van der Waals surface area (Å²) in [5.41, 5.74) is 1.49. The molecule has 0 aliphatic rings. The maximum absolute atomic E-state index is 13.5. The first-order valence-electron chi connectivity index (χ1n) is 4.65. The van der Waals surface area contributed by atoms with Crippen molar-refractivity contribution in [3.8, 4) is 0 Å². The number of aliphatic hydroxyl groups is 1. The summed E-state index contributed by atoms with van der Waals surface area (Å²) in [6.45, 7) is 3.88. The Bertz CT molecular complexity index is 323. The lowest BCUT2D eigenvalue weighted by Crippen LogP contribution is -1.98. The third kappa shape index (κ3) is 2.46. The van der Waals surface area contributed by atoms with E-state index in [1.807, 2.05) is 13.8 Å². The average Bonchev–Trinajstić information content (AvgIpc) is 2.11. The molecule has 1 aromatic carbocycles. The largest absolute Gasteiger partial charge is 0.396 e. The number of aliphatic hydroxyl groups excluding tert-OH is 1. The van der Waals surface area contributed by atoms with Crippen LogP contribution in [-0.2, 0) is 6.42 Å². The van der Waals surface area contributed by atoms with Gasteiger partial charge in [0.25, 0.3) is 0 Å². The van der Waals surface area contributed by atoms with Gasteiger partial charge in [-0.25, -0.2) is 4.39 Å². The first kappa shape index (κ1) is 11.5. The van der Waals surface area contributed by atoms with Crippen molar-refractivity contribution in [2.45, 2.75) is 26.2 Å². The molecule has 0 aromatic heterocycles. The summed E-state index contributed by atoms with van der Waals surface area (Å²) in [6.07, 6.45) is 0.514. The minimum Gasteiger partial charge on any atom is -0.396 e. The highest BCUT2D eigenvalue weighted by Gasteiger charge is 2.11. The van der Waals surface area contributed by atoms with Crippen LogP contribution in [0.1, 0.15) is 30.9 Å². The van der Waals surface area contributed by atoms with E-state index in [9.17, 15) is 4.39 Å². The molecule has 0 fully saturated rings. The lowest BCUT2D eigenvalue weighted by Gasteiger charge is -2.10. The third-order valence-corrected chi connectivity index (χ3v) is 2.41. The topological polar surface area (TPSA) is 20.2 Å². The maximum Gasteiger partial charge on any atom is 0.145 e. The van der Waals surface area contributed by atoms with Crippen LogP contribution in [0.3, 0.4) is 0 Å². The number of hydrogen-bond donors (Lipinski definition) is 1. The highest BCUT2D eigenvalue weighted by atomic mass is 35.5. The van der Waals surface area contributed by atoms with Crippen LogP contribution in [0.2, 0.25) is 5.02 Å². The van der Waals surface area contributed by atoms with Crippen LogP contribution < -0.4 is 0 Å². The Morgan fingerprint density at radius 2 is 2.07 bits per heavy atom. The predicted molar refractivity (Wildman–Crippen MR) is 56.3 cm³/mol. The van der Waals surface area contributed by atoms with Crippen molar-refractivity contribution in [3.05, 3.63) is 34.1 Å². The zero-order chi connectivity index (χ0) is 10.7. The minimum absolute atomic E-state index is 0.0551. The zero-order valence-electron chi connectivity index (χ0n) is 8.35. The number of hydrogen-bond acceptors (Lipinski definition) is 1. The van der Waals surface area contributed by atoms with Gasteiger partial charge in [-0.15, -0.1) is 0 Å². The van der Waals surface area contributed by atoms with Crippen LogP contribution >= 0.6 is 11.6 Å². The summed E-state index contributed by atoms with van der Waals surface area (Å²) in [5, 5.41) is 8.91. The fourth-order valence-corrected chi connectivity index (χ4v) is 1.61. The van der Waals surface area contributed by atoms with E-state index in [2.05, 4.69) is 0 Å². The normalized spacial score (nSPS) is 11.0. The van der Waals surface area contributed by atoms with E-state index in [1.165, 1.54) is 0 Å². The minimum atomic E-state index is -0.344. The molecule has 0 saturated carbocycles. The van der Waals surface area contributed by atoms with E-state index in [-0.39, 0.29) is 23.4 Å². The summed E-state index contributed by atoms with van der Waals surface area (Å²) in [4.78, 5) is 0. The van der Waals surface area contributed by atoms with Crippen LogP contribution in [-0.4, -0.2) is 11.7 Å². The van der Waals surface area contributed by atoms with Crippen LogP contribution in [0.4, 0.5) is 4.39 Å². The van der Waals surface area contributed by atoms with Gasteiger partial charge in [0.1, 0.15) is 5.82 Å². The van der Waals surface area contributed by atoms with E-state index in [4.69, 9.17) is 16.7 Å². The molecule has 14 heavy (non-hydrogen) atoms. The van der Waals surface area contributed by atoms with Gasteiger partial charge in [-0.3, -0.25) is 0 Å². The molecule has 78 valence electrons. The van der Waals surface area contributed by atoms with Gasteiger partial charge in [-0.1, -0.05) is 31.5 Å². The van der Waals surface area contributed by atoms with Crippen LogP contribution in [0.5, 0.6) is 0 Å². The van der Waals surface area contributed by atoms with Gasteiger partial charge < -0.3 is 5.11 Å². The molecule has 3 heteroatoms. The molecule has 0 aliphatic carbocycles. The quantitative estimate of drug-likeness (QED) is 0.823. The Balaban J connectivity index is 3.14. The molecule has 0 saturated heterocycles. The molecule has 0 unspecified atom stereocenters. The molecular weight excluding hydrogens is 203 g/mol. The Hall–Kier alpha value is -0.600. The molecule has 1 aromatic rings. The van der Waals surface area contributed by atoms with Gasteiger partial charge in [-0.2, -0.15) is 0 Å². The van der Waals surface area contributed by atoms with E-state index in [1.54, 1.807) is 12.1 Å². The second kappa shape index (κ2) is 4.76. The maximum atomic E-state index is 13.5. The van der Waals surface area contributed by atoms with E-state index >= 15 is 0 Å². The van der Waals surface area contributed by atoms with Gasteiger partial charge in [0.2, 0.25) is 0 Å². The highest BCUT2D eigenvalue weighted by molar-refractivity contribution is 6.30. The molecule has 0 radical (unpaired) electrons. The van der Waals surface area contributed by atoms with E-state index in [0.717, 1.165) is 5.56 Å². The molecule has 1 nitrogen and oxygen atoms in total. The van der Waals surface area contributed by atoms with E-state index in [0.29, 0.717) is 12.0 Å². The van der Waals surface area contributed by atoms with Crippen molar-refractivity contribution in [1.82, 2.24) is 0 Å². The van der Waals surface area contributed by atoms with Crippen LogP contribution in [0, 0.1) is 5.82 Å².